The van der Waals surface area contributed by atoms with Gasteiger partial charge in [-0.1, -0.05) is 12.1 Å². The Balaban J connectivity index is 2.36. The predicted octanol–water partition coefficient (Wildman–Crippen LogP) is 1.04. The summed E-state index contributed by atoms with van der Waals surface area (Å²) >= 11 is 0. The van der Waals surface area contributed by atoms with Gasteiger partial charge in [0.1, 0.15) is 5.75 Å². The summed E-state index contributed by atoms with van der Waals surface area (Å²) < 4.78 is 5.34. The average Bonchev–Trinajstić information content (AvgIpc) is 2.27. The first kappa shape index (κ1) is 10.5. The molecule has 1 heterocycles. The van der Waals surface area contributed by atoms with Crippen molar-refractivity contribution < 1.29 is 9.84 Å². The summed E-state index contributed by atoms with van der Waals surface area (Å²) in [5.41, 5.74) is 2.55. The minimum absolute atomic E-state index is 0.202. The van der Waals surface area contributed by atoms with Crippen LogP contribution in [-0.2, 0) is 13.0 Å². The summed E-state index contributed by atoms with van der Waals surface area (Å²) in [5.74, 6) is 0.944. The molecular formula is C12H17NO2. The number of aliphatic hydroxyl groups is 1. The molecule has 0 bridgehead atoms. The molecule has 1 aliphatic rings. The van der Waals surface area contributed by atoms with E-state index in [0.29, 0.717) is 0 Å². The quantitative estimate of drug-likeness (QED) is 0.786. The van der Waals surface area contributed by atoms with Crippen LogP contribution < -0.4 is 4.74 Å². The summed E-state index contributed by atoms with van der Waals surface area (Å²) in [6.07, 6.45) is 0.867. The monoisotopic (exact) mass is 207 g/mol. The molecule has 0 amide bonds. The van der Waals surface area contributed by atoms with Gasteiger partial charge in [-0.2, -0.15) is 0 Å². The highest BCUT2D eigenvalue weighted by Crippen LogP contribution is 2.29. The Labute approximate surface area is 90.3 Å². The van der Waals surface area contributed by atoms with Crippen molar-refractivity contribution in [2.45, 2.75) is 19.0 Å². The second-order valence-corrected chi connectivity index (χ2v) is 4.05. The first-order chi connectivity index (χ1) is 7.26. The maximum Gasteiger partial charge on any atom is 0.122 e. The molecule has 0 saturated heterocycles. The molecule has 0 aromatic heterocycles. The number of ether oxygens (including phenoxy) is 1. The van der Waals surface area contributed by atoms with Gasteiger partial charge < -0.3 is 9.84 Å². The van der Waals surface area contributed by atoms with E-state index in [1.54, 1.807) is 7.11 Å². The van der Waals surface area contributed by atoms with Crippen LogP contribution >= 0.6 is 0 Å². The van der Waals surface area contributed by atoms with Crippen LogP contribution in [0.5, 0.6) is 5.75 Å². The van der Waals surface area contributed by atoms with Gasteiger partial charge in [-0.15, -0.1) is 0 Å². The fourth-order valence-corrected chi connectivity index (χ4v) is 2.18. The number of aliphatic hydroxyl groups excluding tert-OH is 1. The van der Waals surface area contributed by atoms with E-state index in [1.807, 2.05) is 19.2 Å². The van der Waals surface area contributed by atoms with Gasteiger partial charge in [-0.25, -0.2) is 0 Å². The number of fused-ring (bicyclic) bond motifs is 1. The van der Waals surface area contributed by atoms with Crippen LogP contribution in [-0.4, -0.2) is 36.8 Å². The molecule has 2 rings (SSSR count). The Morgan fingerprint density at radius 3 is 3.00 bits per heavy atom. The molecule has 0 fully saturated rings. The first-order valence-electron chi connectivity index (χ1n) is 5.22. The number of hydrogen-bond donors (Lipinski definition) is 1. The Morgan fingerprint density at radius 2 is 2.33 bits per heavy atom. The van der Waals surface area contributed by atoms with Gasteiger partial charge in [0.15, 0.2) is 0 Å². The van der Waals surface area contributed by atoms with Gasteiger partial charge in [0.05, 0.1) is 13.7 Å². The van der Waals surface area contributed by atoms with Crippen molar-refractivity contribution in [2.24, 2.45) is 0 Å². The van der Waals surface area contributed by atoms with Gasteiger partial charge in [-0.3, -0.25) is 4.90 Å². The van der Waals surface area contributed by atoms with Crippen LogP contribution in [0.3, 0.4) is 0 Å². The van der Waals surface area contributed by atoms with Crippen LogP contribution in [0.1, 0.15) is 11.1 Å². The van der Waals surface area contributed by atoms with Crippen molar-refractivity contribution >= 4 is 0 Å². The Kier molecular flexibility index (Phi) is 2.93. The molecule has 15 heavy (non-hydrogen) atoms. The van der Waals surface area contributed by atoms with Crippen molar-refractivity contribution in [2.75, 3.05) is 20.8 Å². The molecule has 1 unspecified atom stereocenters. The molecule has 1 aliphatic heterocycles. The molecule has 3 nitrogen and oxygen atoms in total. The number of methoxy groups -OCH3 is 1. The Hall–Kier alpha value is -1.06. The number of nitrogens with zero attached hydrogens (tertiary/aromatic N) is 1. The molecular weight excluding hydrogens is 190 g/mol. The van der Waals surface area contributed by atoms with E-state index in [1.165, 1.54) is 11.1 Å². The number of rotatable bonds is 2. The molecule has 1 atom stereocenters. The molecule has 1 aromatic rings. The summed E-state index contributed by atoms with van der Waals surface area (Å²) in [7, 11) is 3.74. The van der Waals surface area contributed by atoms with Crippen LogP contribution in [0.15, 0.2) is 18.2 Å². The maximum absolute atomic E-state index is 9.27. The molecule has 1 aromatic carbocycles. The Bertz CT molecular complexity index is 351. The molecule has 3 heteroatoms. The molecule has 1 N–H and O–H groups in total. The number of hydrogen-bond acceptors (Lipinski definition) is 3. The number of benzene rings is 1. The van der Waals surface area contributed by atoms with Gasteiger partial charge in [0.2, 0.25) is 0 Å². The van der Waals surface area contributed by atoms with E-state index in [2.05, 4.69) is 11.0 Å². The standard InChI is InChI=1S/C12H17NO2/c1-13-7-9-4-3-5-12(15-2)11(9)6-10(13)8-14/h3-5,10,14H,6-8H2,1-2H3. The normalized spacial score (nSPS) is 21.1. The van der Waals surface area contributed by atoms with Crippen molar-refractivity contribution in [3.05, 3.63) is 29.3 Å². The SMILES string of the molecule is COc1cccc2c1CC(CO)N(C)C2. The molecule has 82 valence electrons. The largest absolute Gasteiger partial charge is 0.496 e. The minimum Gasteiger partial charge on any atom is -0.496 e. The third kappa shape index (κ3) is 1.85. The fourth-order valence-electron chi connectivity index (χ4n) is 2.18. The van der Waals surface area contributed by atoms with Gasteiger partial charge in [0, 0.05) is 18.2 Å². The molecule has 0 saturated carbocycles. The maximum atomic E-state index is 9.27. The zero-order valence-electron chi connectivity index (χ0n) is 9.23. The van der Waals surface area contributed by atoms with E-state index < -0.39 is 0 Å². The fraction of sp³-hybridized carbons (Fsp3) is 0.500. The van der Waals surface area contributed by atoms with Crippen LogP contribution in [0.2, 0.25) is 0 Å². The first-order valence-corrected chi connectivity index (χ1v) is 5.22. The van der Waals surface area contributed by atoms with Crippen LogP contribution in [0.4, 0.5) is 0 Å². The molecule has 0 radical (unpaired) electrons. The Morgan fingerprint density at radius 1 is 1.53 bits per heavy atom. The smallest absolute Gasteiger partial charge is 0.122 e. The van der Waals surface area contributed by atoms with Gasteiger partial charge in [0.25, 0.3) is 0 Å². The van der Waals surface area contributed by atoms with Crippen molar-refractivity contribution in [1.82, 2.24) is 4.90 Å². The highest BCUT2D eigenvalue weighted by atomic mass is 16.5. The van der Waals surface area contributed by atoms with E-state index in [-0.39, 0.29) is 12.6 Å². The van der Waals surface area contributed by atoms with Crippen molar-refractivity contribution in [3.63, 3.8) is 0 Å². The lowest BCUT2D eigenvalue weighted by Gasteiger charge is -2.33. The second-order valence-electron chi connectivity index (χ2n) is 4.05. The summed E-state index contributed by atoms with van der Waals surface area (Å²) in [6.45, 7) is 1.09. The van der Waals surface area contributed by atoms with E-state index in [9.17, 15) is 5.11 Å². The zero-order valence-corrected chi connectivity index (χ0v) is 9.23. The van der Waals surface area contributed by atoms with E-state index in [4.69, 9.17) is 4.74 Å². The van der Waals surface area contributed by atoms with E-state index >= 15 is 0 Å². The van der Waals surface area contributed by atoms with Gasteiger partial charge >= 0.3 is 0 Å². The van der Waals surface area contributed by atoms with Crippen LogP contribution in [0, 0.1) is 0 Å². The lowest BCUT2D eigenvalue weighted by atomic mass is 9.94. The summed E-state index contributed by atoms with van der Waals surface area (Å²) in [4.78, 5) is 2.18. The predicted molar refractivity (Wildman–Crippen MR) is 59.0 cm³/mol. The second kappa shape index (κ2) is 4.21. The third-order valence-electron chi connectivity index (χ3n) is 3.14. The third-order valence-corrected chi connectivity index (χ3v) is 3.14. The van der Waals surface area contributed by atoms with Crippen LogP contribution in [0.25, 0.3) is 0 Å². The summed E-state index contributed by atoms with van der Waals surface area (Å²) in [5, 5.41) is 9.27. The lowest BCUT2D eigenvalue weighted by molar-refractivity contribution is 0.130. The van der Waals surface area contributed by atoms with Gasteiger partial charge in [-0.05, 0) is 25.1 Å². The van der Waals surface area contributed by atoms with Crippen molar-refractivity contribution in [3.8, 4) is 5.75 Å². The van der Waals surface area contributed by atoms with E-state index in [0.717, 1.165) is 18.7 Å². The topological polar surface area (TPSA) is 32.7 Å². The zero-order chi connectivity index (χ0) is 10.8. The highest BCUT2D eigenvalue weighted by molar-refractivity contribution is 5.42. The summed E-state index contributed by atoms with van der Waals surface area (Å²) in [6, 6.07) is 6.35. The average molecular weight is 207 g/mol. The molecule has 0 aliphatic carbocycles. The highest BCUT2D eigenvalue weighted by Gasteiger charge is 2.24. The lowest BCUT2D eigenvalue weighted by Crippen LogP contribution is -2.40. The molecule has 0 spiro atoms. The van der Waals surface area contributed by atoms with Crippen molar-refractivity contribution in [1.29, 1.82) is 0 Å². The minimum atomic E-state index is 0.202. The number of likely N-dealkylation sites (N-methyl/N-ethyl adjacent to an activating group) is 1.